The third kappa shape index (κ3) is 3.35. The van der Waals surface area contributed by atoms with Crippen LogP contribution in [0.25, 0.3) is 0 Å². The van der Waals surface area contributed by atoms with Crippen molar-refractivity contribution in [3.8, 4) is 0 Å². The van der Waals surface area contributed by atoms with Gasteiger partial charge >= 0.3 is 0 Å². The van der Waals surface area contributed by atoms with Crippen LogP contribution in [0.2, 0.25) is 5.02 Å². The Hall–Kier alpha value is -0.270. The van der Waals surface area contributed by atoms with E-state index in [1.54, 1.807) is 6.07 Å². The number of alkyl halides is 1. The molecule has 1 saturated carbocycles. The first-order valence-electron chi connectivity index (χ1n) is 6.25. The molecule has 2 rings (SSSR count). The molecule has 17 heavy (non-hydrogen) atoms. The Morgan fingerprint density at radius 2 is 2.00 bits per heavy atom. The second kappa shape index (κ2) is 6.06. The Morgan fingerprint density at radius 3 is 2.71 bits per heavy atom. The SMILES string of the molecule is Fc1cccc(CCC(Cl)C2CCCC2)c1Cl. The van der Waals surface area contributed by atoms with E-state index in [1.807, 2.05) is 6.07 Å². The van der Waals surface area contributed by atoms with Gasteiger partial charge in [0.2, 0.25) is 0 Å². The summed E-state index contributed by atoms with van der Waals surface area (Å²) in [7, 11) is 0. The summed E-state index contributed by atoms with van der Waals surface area (Å²) in [6.45, 7) is 0. The van der Waals surface area contributed by atoms with Crippen molar-refractivity contribution in [1.29, 1.82) is 0 Å². The number of hydrogen-bond acceptors (Lipinski definition) is 0. The number of halogens is 3. The van der Waals surface area contributed by atoms with E-state index >= 15 is 0 Å². The lowest BCUT2D eigenvalue weighted by Crippen LogP contribution is -2.12. The fraction of sp³-hybridized carbons (Fsp3) is 0.571. The van der Waals surface area contributed by atoms with Crippen molar-refractivity contribution in [2.45, 2.75) is 43.9 Å². The van der Waals surface area contributed by atoms with E-state index in [1.165, 1.54) is 31.7 Å². The Labute approximate surface area is 112 Å². The van der Waals surface area contributed by atoms with Gasteiger partial charge in [0.05, 0.1) is 5.02 Å². The quantitative estimate of drug-likeness (QED) is 0.662. The Kier molecular flexibility index (Phi) is 4.69. The smallest absolute Gasteiger partial charge is 0.142 e. The van der Waals surface area contributed by atoms with Gasteiger partial charge in [-0.25, -0.2) is 4.39 Å². The van der Waals surface area contributed by atoms with Gasteiger partial charge in [-0.1, -0.05) is 36.6 Å². The number of benzene rings is 1. The van der Waals surface area contributed by atoms with Gasteiger partial charge in [0.15, 0.2) is 0 Å². The molecule has 1 fully saturated rings. The summed E-state index contributed by atoms with van der Waals surface area (Å²) in [5, 5.41) is 0.458. The first-order chi connectivity index (χ1) is 8.18. The van der Waals surface area contributed by atoms with Crippen LogP contribution < -0.4 is 0 Å². The molecule has 1 unspecified atom stereocenters. The van der Waals surface area contributed by atoms with Crippen LogP contribution in [0.5, 0.6) is 0 Å². The molecule has 1 atom stereocenters. The van der Waals surface area contributed by atoms with E-state index in [0.29, 0.717) is 5.92 Å². The van der Waals surface area contributed by atoms with Gasteiger partial charge in [-0.3, -0.25) is 0 Å². The topological polar surface area (TPSA) is 0 Å². The van der Waals surface area contributed by atoms with Crippen molar-refractivity contribution in [1.82, 2.24) is 0 Å². The van der Waals surface area contributed by atoms with Crippen LogP contribution in [0.1, 0.15) is 37.7 Å². The minimum atomic E-state index is -0.337. The van der Waals surface area contributed by atoms with Gasteiger partial charge in [-0.2, -0.15) is 0 Å². The summed E-state index contributed by atoms with van der Waals surface area (Å²) >= 11 is 12.3. The Balaban J connectivity index is 1.90. The van der Waals surface area contributed by atoms with Crippen molar-refractivity contribution in [3.05, 3.63) is 34.6 Å². The third-order valence-electron chi connectivity index (χ3n) is 3.63. The monoisotopic (exact) mass is 274 g/mol. The molecule has 0 aromatic heterocycles. The lowest BCUT2D eigenvalue weighted by atomic mass is 9.97. The second-order valence-electron chi connectivity index (χ2n) is 4.81. The molecule has 0 amide bonds. The number of rotatable bonds is 4. The van der Waals surface area contributed by atoms with E-state index in [0.717, 1.165) is 18.4 Å². The van der Waals surface area contributed by atoms with Gasteiger partial charge < -0.3 is 0 Å². The molecule has 0 bridgehead atoms. The van der Waals surface area contributed by atoms with Crippen molar-refractivity contribution in [2.24, 2.45) is 5.92 Å². The van der Waals surface area contributed by atoms with E-state index in [4.69, 9.17) is 23.2 Å². The normalized spacial score (nSPS) is 18.5. The zero-order chi connectivity index (χ0) is 12.3. The maximum Gasteiger partial charge on any atom is 0.142 e. The standard InChI is InChI=1S/C14H17Cl2F/c15-12(10-4-1-2-5-10)9-8-11-6-3-7-13(17)14(11)16/h3,6-7,10,12H,1-2,4-5,8-9H2. The fourth-order valence-corrected chi connectivity index (χ4v) is 3.17. The molecule has 0 spiro atoms. The highest BCUT2D eigenvalue weighted by Gasteiger charge is 2.23. The summed E-state index contributed by atoms with van der Waals surface area (Å²) in [5.74, 6) is 0.306. The molecule has 1 aromatic rings. The lowest BCUT2D eigenvalue weighted by Gasteiger charge is -2.16. The van der Waals surface area contributed by atoms with Crippen molar-refractivity contribution >= 4 is 23.2 Å². The molecule has 0 heterocycles. The van der Waals surface area contributed by atoms with Crippen molar-refractivity contribution < 1.29 is 4.39 Å². The van der Waals surface area contributed by atoms with E-state index < -0.39 is 0 Å². The van der Waals surface area contributed by atoms with Crippen LogP contribution in [0.3, 0.4) is 0 Å². The largest absolute Gasteiger partial charge is 0.205 e. The zero-order valence-corrected chi connectivity index (χ0v) is 11.3. The number of hydrogen-bond donors (Lipinski definition) is 0. The van der Waals surface area contributed by atoms with Crippen LogP contribution in [0.4, 0.5) is 4.39 Å². The molecule has 0 saturated heterocycles. The zero-order valence-electron chi connectivity index (χ0n) is 9.76. The molecule has 1 aromatic carbocycles. The van der Waals surface area contributed by atoms with Crippen LogP contribution >= 0.6 is 23.2 Å². The average Bonchev–Trinajstić information content (AvgIpc) is 2.84. The maximum atomic E-state index is 13.2. The highest BCUT2D eigenvalue weighted by atomic mass is 35.5. The summed E-state index contributed by atoms with van der Waals surface area (Å²) in [5.41, 5.74) is 0.871. The number of aryl methyl sites for hydroxylation is 1. The van der Waals surface area contributed by atoms with E-state index in [2.05, 4.69) is 0 Å². The Bertz CT molecular complexity index is 372. The molecular weight excluding hydrogens is 258 g/mol. The predicted octanol–water partition coefficient (Wildman–Crippen LogP) is 5.21. The average molecular weight is 275 g/mol. The second-order valence-corrected chi connectivity index (χ2v) is 5.75. The first-order valence-corrected chi connectivity index (χ1v) is 7.07. The molecule has 0 nitrogen and oxygen atoms in total. The minimum absolute atomic E-state index is 0.205. The summed E-state index contributed by atoms with van der Waals surface area (Å²) in [6.07, 6.45) is 6.73. The molecule has 1 aliphatic rings. The molecule has 0 radical (unpaired) electrons. The molecule has 0 N–H and O–H groups in total. The van der Waals surface area contributed by atoms with Gasteiger partial charge in [0, 0.05) is 5.38 Å². The van der Waals surface area contributed by atoms with Crippen LogP contribution in [-0.4, -0.2) is 5.38 Å². The van der Waals surface area contributed by atoms with E-state index in [-0.39, 0.29) is 16.2 Å². The van der Waals surface area contributed by atoms with Gasteiger partial charge in [0.25, 0.3) is 0 Å². The molecule has 1 aliphatic carbocycles. The lowest BCUT2D eigenvalue weighted by molar-refractivity contribution is 0.492. The first kappa shape index (κ1) is 13.2. The van der Waals surface area contributed by atoms with Gasteiger partial charge in [0.1, 0.15) is 5.82 Å². The summed E-state index contributed by atoms with van der Waals surface area (Å²) in [6, 6.07) is 4.97. The molecule has 94 valence electrons. The highest BCUT2D eigenvalue weighted by Crippen LogP contribution is 2.33. The van der Waals surface area contributed by atoms with Gasteiger partial charge in [-0.05, 0) is 43.2 Å². The minimum Gasteiger partial charge on any atom is -0.205 e. The van der Waals surface area contributed by atoms with Crippen molar-refractivity contribution in [3.63, 3.8) is 0 Å². The highest BCUT2D eigenvalue weighted by molar-refractivity contribution is 6.31. The Morgan fingerprint density at radius 1 is 1.29 bits per heavy atom. The van der Waals surface area contributed by atoms with E-state index in [9.17, 15) is 4.39 Å². The molecular formula is C14H17Cl2F. The maximum absolute atomic E-state index is 13.2. The van der Waals surface area contributed by atoms with Crippen LogP contribution in [0.15, 0.2) is 18.2 Å². The molecule has 3 heteroatoms. The predicted molar refractivity (Wildman–Crippen MR) is 71.3 cm³/mol. The van der Waals surface area contributed by atoms with Crippen molar-refractivity contribution in [2.75, 3.05) is 0 Å². The van der Waals surface area contributed by atoms with Crippen LogP contribution in [-0.2, 0) is 6.42 Å². The molecule has 0 aliphatic heterocycles. The third-order valence-corrected chi connectivity index (χ3v) is 4.63. The van der Waals surface area contributed by atoms with Crippen LogP contribution in [0, 0.1) is 11.7 Å². The van der Waals surface area contributed by atoms with Gasteiger partial charge in [-0.15, -0.1) is 11.6 Å². The summed E-state index contributed by atoms with van der Waals surface area (Å²) < 4.78 is 13.2. The summed E-state index contributed by atoms with van der Waals surface area (Å²) in [4.78, 5) is 0. The fourth-order valence-electron chi connectivity index (χ4n) is 2.59.